The van der Waals surface area contributed by atoms with Crippen molar-refractivity contribution in [2.45, 2.75) is 25.8 Å². The van der Waals surface area contributed by atoms with Crippen LogP contribution in [0, 0.1) is 13.8 Å². The van der Waals surface area contributed by atoms with E-state index in [1.807, 2.05) is 32.0 Å². The van der Waals surface area contributed by atoms with Crippen molar-refractivity contribution in [3.8, 4) is 0 Å². The topological polar surface area (TPSA) is 84.0 Å². The highest BCUT2D eigenvalue weighted by Crippen LogP contribution is 2.19. The summed E-state index contributed by atoms with van der Waals surface area (Å²) in [5.74, 6) is 0.326. The molecule has 7 heteroatoms. The second kappa shape index (κ2) is 7.73. The van der Waals surface area contributed by atoms with Gasteiger partial charge in [0.25, 0.3) is 0 Å². The SMILES string of the molecule is CC(=O)Nc1ccc(SCC(=O)Nc2cc(C)ccc2C)nn1. The molecule has 0 spiro atoms. The molecule has 2 aromatic rings. The Bertz CT molecular complexity index is 717. The zero-order chi connectivity index (χ0) is 16.8. The monoisotopic (exact) mass is 330 g/mol. The molecule has 0 atom stereocenters. The van der Waals surface area contributed by atoms with E-state index < -0.39 is 0 Å². The number of carbonyl (C=O) groups is 2. The highest BCUT2D eigenvalue weighted by atomic mass is 32.2. The zero-order valence-corrected chi connectivity index (χ0v) is 14.0. The first-order valence-corrected chi connectivity index (χ1v) is 8.04. The molecular formula is C16H18N4O2S. The van der Waals surface area contributed by atoms with Gasteiger partial charge < -0.3 is 10.6 Å². The molecule has 1 heterocycles. The molecule has 120 valence electrons. The maximum atomic E-state index is 12.0. The van der Waals surface area contributed by atoms with E-state index in [1.54, 1.807) is 12.1 Å². The Hall–Kier alpha value is -2.41. The lowest BCUT2D eigenvalue weighted by molar-refractivity contribution is -0.114. The van der Waals surface area contributed by atoms with Crippen molar-refractivity contribution in [1.29, 1.82) is 0 Å². The van der Waals surface area contributed by atoms with Crippen molar-refractivity contribution in [3.63, 3.8) is 0 Å². The molecular weight excluding hydrogens is 312 g/mol. The molecule has 0 unspecified atom stereocenters. The summed E-state index contributed by atoms with van der Waals surface area (Å²) < 4.78 is 0. The average molecular weight is 330 g/mol. The normalized spacial score (nSPS) is 10.2. The number of aryl methyl sites for hydroxylation is 2. The van der Waals surface area contributed by atoms with Gasteiger partial charge in [-0.05, 0) is 43.2 Å². The van der Waals surface area contributed by atoms with E-state index >= 15 is 0 Å². The van der Waals surface area contributed by atoms with Gasteiger partial charge in [0.2, 0.25) is 11.8 Å². The van der Waals surface area contributed by atoms with E-state index in [0.717, 1.165) is 16.8 Å². The fourth-order valence-corrected chi connectivity index (χ4v) is 2.45. The quantitative estimate of drug-likeness (QED) is 0.824. The summed E-state index contributed by atoms with van der Waals surface area (Å²) >= 11 is 1.29. The molecule has 0 aliphatic carbocycles. The molecule has 0 saturated carbocycles. The second-order valence-corrected chi connectivity index (χ2v) is 6.09. The Balaban J connectivity index is 1.89. The number of anilines is 2. The molecule has 23 heavy (non-hydrogen) atoms. The second-order valence-electron chi connectivity index (χ2n) is 5.09. The molecule has 2 amide bonds. The van der Waals surface area contributed by atoms with Crippen LogP contribution in [0.3, 0.4) is 0 Å². The molecule has 6 nitrogen and oxygen atoms in total. The van der Waals surface area contributed by atoms with Crippen LogP contribution >= 0.6 is 11.8 Å². The number of benzene rings is 1. The van der Waals surface area contributed by atoms with Crippen molar-refractivity contribution in [3.05, 3.63) is 41.5 Å². The maximum Gasteiger partial charge on any atom is 0.234 e. The van der Waals surface area contributed by atoms with Crippen molar-refractivity contribution in [1.82, 2.24) is 10.2 Å². The fourth-order valence-electron chi connectivity index (χ4n) is 1.84. The summed E-state index contributed by atoms with van der Waals surface area (Å²) in [5.41, 5.74) is 2.94. The predicted molar refractivity (Wildman–Crippen MR) is 91.6 cm³/mol. The Morgan fingerprint density at radius 1 is 1.09 bits per heavy atom. The number of hydrogen-bond acceptors (Lipinski definition) is 5. The van der Waals surface area contributed by atoms with Gasteiger partial charge >= 0.3 is 0 Å². The number of hydrogen-bond donors (Lipinski definition) is 2. The molecule has 0 radical (unpaired) electrons. The van der Waals surface area contributed by atoms with Crippen LogP contribution in [0.2, 0.25) is 0 Å². The van der Waals surface area contributed by atoms with Crippen LogP contribution in [0.25, 0.3) is 0 Å². The molecule has 2 N–H and O–H groups in total. The maximum absolute atomic E-state index is 12.0. The summed E-state index contributed by atoms with van der Waals surface area (Å²) in [5, 5.41) is 13.9. The number of nitrogens with one attached hydrogen (secondary N) is 2. The van der Waals surface area contributed by atoms with Crippen LogP contribution in [0.1, 0.15) is 18.1 Å². The number of thioether (sulfide) groups is 1. The van der Waals surface area contributed by atoms with Crippen LogP contribution in [0.4, 0.5) is 11.5 Å². The van der Waals surface area contributed by atoms with E-state index in [2.05, 4.69) is 20.8 Å². The molecule has 0 aliphatic heterocycles. The standard InChI is InChI=1S/C16H18N4O2S/c1-10-4-5-11(2)13(8-10)18-15(22)9-23-16-7-6-14(19-20-16)17-12(3)21/h4-8H,9H2,1-3H3,(H,18,22)(H,17,19,21). The molecule has 0 aliphatic rings. The smallest absolute Gasteiger partial charge is 0.234 e. The summed E-state index contributed by atoms with van der Waals surface area (Å²) in [4.78, 5) is 22.9. The minimum absolute atomic E-state index is 0.101. The largest absolute Gasteiger partial charge is 0.325 e. The predicted octanol–water partition coefficient (Wildman–Crippen LogP) is 2.78. The molecule has 2 rings (SSSR count). The van der Waals surface area contributed by atoms with Gasteiger partial charge in [-0.2, -0.15) is 0 Å². The van der Waals surface area contributed by atoms with E-state index in [4.69, 9.17) is 0 Å². The molecule has 1 aromatic heterocycles. The molecule has 0 bridgehead atoms. The first kappa shape index (κ1) is 17.0. The van der Waals surface area contributed by atoms with Crippen LogP contribution in [0.5, 0.6) is 0 Å². The van der Waals surface area contributed by atoms with Crippen LogP contribution < -0.4 is 10.6 Å². The lowest BCUT2D eigenvalue weighted by Gasteiger charge is -2.09. The molecule has 0 saturated heterocycles. The molecule has 0 fully saturated rings. The highest BCUT2D eigenvalue weighted by Gasteiger charge is 2.07. The van der Waals surface area contributed by atoms with Crippen molar-refractivity contribution in [2.75, 3.05) is 16.4 Å². The minimum atomic E-state index is -0.201. The van der Waals surface area contributed by atoms with Crippen LogP contribution in [0.15, 0.2) is 35.4 Å². The van der Waals surface area contributed by atoms with Crippen LogP contribution in [-0.4, -0.2) is 27.8 Å². The van der Waals surface area contributed by atoms with E-state index in [-0.39, 0.29) is 17.6 Å². The van der Waals surface area contributed by atoms with Crippen molar-refractivity contribution < 1.29 is 9.59 Å². The van der Waals surface area contributed by atoms with Crippen LogP contribution in [-0.2, 0) is 9.59 Å². The lowest BCUT2D eigenvalue weighted by atomic mass is 10.1. The van der Waals surface area contributed by atoms with Gasteiger partial charge in [-0.15, -0.1) is 10.2 Å². The van der Waals surface area contributed by atoms with Crippen molar-refractivity contribution >= 4 is 35.1 Å². The first-order chi connectivity index (χ1) is 10.9. The fraction of sp³-hybridized carbons (Fsp3) is 0.250. The van der Waals surface area contributed by atoms with Gasteiger partial charge in [-0.3, -0.25) is 9.59 Å². The van der Waals surface area contributed by atoms with Gasteiger partial charge in [-0.25, -0.2) is 0 Å². The first-order valence-electron chi connectivity index (χ1n) is 7.05. The van der Waals surface area contributed by atoms with Gasteiger partial charge in [0.1, 0.15) is 5.03 Å². The van der Waals surface area contributed by atoms with Gasteiger partial charge in [0.15, 0.2) is 5.82 Å². The third-order valence-corrected chi connectivity index (χ3v) is 3.88. The van der Waals surface area contributed by atoms with E-state index in [1.165, 1.54) is 18.7 Å². The lowest BCUT2D eigenvalue weighted by Crippen LogP contribution is -2.15. The number of amides is 2. The van der Waals surface area contributed by atoms with Gasteiger partial charge in [0.05, 0.1) is 5.75 Å². The Kier molecular flexibility index (Phi) is 5.70. The summed E-state index contributed by atoms with van der Waals surface area (Å²) in [6.45, 7) is 5.34. The number of aromatic nitrogens is 2. The summed E-state index contributed by atoms with van der Waals surface area (Å²) in [7, 11) is 0. The van der Waals surface area contributed by atoms with E-state index in [9.17, 15) is 9.59 Å². The average Bonchev–Trinajstić information content (AvgIpc) is 2.50. The summed E-state index contributed by atoms with van der Waals surface area (Å²) in [6.07, 6.45) is 0. The zero-order valence-electron chi connectivity index (χ0n) is 13.2. The Labute approximate surface area is 139 Å². The summed E-state index contributed by atoms with van der Waals surface area (Å²) in [6, 6.07) is 9.30. The number of rotatable bonds is 5. The minimum Gasteiger partial charge on any atom is -0.325 e. The Morgan fingerprint density at radius 2 is 1.87 bits per heavy atom. The van der Waals surface area contributed by atoms with Crippen molar-refractivity contribution in [2.24, 2.45) is 0 Å². The number of carbonyl (C=O) groups excluding carboxylic acids is 2. The highest BCUT2D eigenvalue weighted by molar-refractivity contribution is 7.99. The third kappa shape index (κ3) is 5.37. The molecule has 1 aromatic carbocycles. The number of nitrogens with zero attached hydrogens (tertiary/aromatic N) is 2. The Morgan fingerprint density at radius 3 is 2.52 bits per heavy atom. The third-order valence-electron chi connectivity index (χ3n) is 2.96. The van der Waals surface area contributed by atoms with Gasteiger partial charge in [0, 0.05) is 12.6 Å². The van der Waals surface area contributed by atoms with E-state index in [0.29, 0.717) is 10.8 Å². The van der Waals surface area contributed by atoms with Gasteiger partial charge in [-0.1, -0.05) is 23.9 Å².